The molecule has 2 aromatic carbocycles. The van der Waals surface area contributed by atoms with Gasteiger partial charge in [0.05, 0.1) is 12.2 Å². The van der Waals surface area contributed by atoms with Gasteiger partial charge in [0.1, 0.15) is 11.6 Å². The van der Waals surface area contributed by atoms with E-state index in [1.165, 1.54) is 35.8 Å². The summed E-state index contributed by atoms with van der Waals surface area (Å²) < 4.78 is 54.6. The molecule has 0 aliphatic carbocycles. The number of para-hydroxylation sites is 1. The molecule has 2 aromatic rings. The van der Waals surface area contributed by atoms with Crippen molar-refractivity contribution in [2.24, 2.45) is 0 Å². The van der Waals surface area contributed by atoms with E-state index >= 15 is 0 Å². The van der Waals surface area contributed by atoms with E-state index in [9.17, 15) is 27.2 Å². The number of hydrogen-bond donors (Lipinski definition) is 2. The average Bonchev–Trinajstić information content (AvgIpc) is 2.64. The van der Waals surface area contributed by atoms with Crippen molar-refractivity contribution in [3.8, 4) is 0 Å². The highest BCUT2D eigenvalue weighted by Gasteiger charge is 2.19. The number of alkyl halides is 2. The van der Waals surface area contributed by atoms with Gasteiger partial charge < -0.3 is 4.31 Å². The van der Waals surface area contributed by atoms with Crippen LogP contribution in [0.25, 0.3) is 0 Å². The van der Waals surface area contributed by atoms with E-state index in [4.69, 9.17) is 0 Å². The predicted octanol–water partition coefficient (Wildman–Crippen LogP) is 3.21. The van der Waals surface area contributed by atoms with Gasteiger partial charge in [-0.1, -0.05) is 29.9 Å². The van der Waals surface area contributed by atoms with Crippen molar-refractivity contribution < 1.29 is 27.2 Å². The molecule has 0 bridgehead atoms. The second-order valence-corrected chi connectivity index (χ2v) is 9.15. The van der Waals surface area contributed by atoms with Gasteiger partial charge in [-0.25, -0.2) is 8.78 Å². The van der Waals surface area contributed by atoms with Gasteiger partial charge in [-0.15, -0.1) is 9.39 Å². The smallest absolute Gasteiger partial charge is 0.317 e. The maximum atomic E-state index is 14.6. The zero-order valence-corrected chi connectivity index (χ0v) is 16.2. The number of carbonyl (C=O) groups is 2. The molecule has 156 valence electrons. The minimum Gasteiger partial charge on any atom is -0.321 e. The summed E-state index contributed by atoms with van der Waals surface area (Å²) in [7, 11) is -1.98. The molecule has 0 heterocycles. The van der Waals surface area contributed by atoms with E-state index in [2.05, 4.69) is 11.7 Å². The Morgan fingerprint density at radius 1 is 1.07 bits per heavy atom. The van der Waals surface area contributed by atoms with Crippen molar-refractivity contribution in [1.82, 2.24) is 10.9 Å². The van der Waals surface area contributed by atoms with Crippen LogP contribution in [0, 0.1) is 11.6 Å². The summed E-state index contributed by atoms with van der Waals surface area (Å²) in [6.07, 6.45) is -1.59. The molecule has 0 atom stereocenters. The molecule has 0 aliphatic rings. The van der Waals surface area contributed by atoms with Crippen LogP contribution >= 0.6 is 9.39 Å². The highest BCUT2D eigenvalue weighted by atomic mass is 32.2. The maximum Gasteiger partial charge on any atom is 0.317 e. The minimum absolute atomic E-state index is 0.0599. The highest BCUT2D eigenvalue weighted by Crippen LogP contribution is 2.33. The lowest BCUT2D eigenvalue weighted by Gasteiger charge is -2.31. The Morgan fingerprint density at radius 2 is 1.72 bits per heavy atom. The van der Waals surface area contributed by atoms with Crippen LogP contribution in [0.15, 0.2) is 42.5 Å². The van der Waals surface area contributed by atoms with Gasteiger partial charge in [-0.2, -0.15) is 8.78 Å². The molecular weight excluding hydrogens is 410 g/mol. The zero-order chi connectivity index (χ0) is 21.8. The first-order valence-electron chi connectivity index (χ1n) is 8.14. The van der Waals surface area contributed by atoms with Crippen LogP contribution in [0.1, 0.15) is 15.9 Å². The minimum atomic E-state index is -3.30. The van der Waals surface area contributed by atoms with E-state index in [1.54, 1.807) is 22.1 Å². The van der Waals surface area contributed by atoms with Gasteiger partial charge in [0.15, 0.2) is 0 Å². The third kappa shape index (κ3) is 5.74. The van der Waals surface area contributed by atoms with Crippen molar-refractivity contribution in [2.45, 2.75) is 13.0 Å². The van der Waals surface area contributed by atoms with E-state index in [1.807, 2.05) is 0 Å². The Labute approximate surface area is 165 Å². The first-order valence-corrected chi connectivity index (χ1v) is 10.5. The molecule has 0 saturated heterocycles. The summed E-state index contributed by atoms with van der Waals surface area (Å²) >= 11 is 0. The molecule has 0 spiro atoms. The summed E-state index contributed by atoms with van der Waals surface area (Å²) in [5.74, 6) is 3.97. The number of benzene rings is 2. The molecule has 0 radical (unpaired) electrons. The summed E-state index contributed by atoms with van der Waals surface area (Å²) in [6, 6.07) is 9.40. The Hall–Kier alpha value is -3.01. The molecule has 0 aromatic heterocycles. The highest BCUT2D eigenvalue weighted by molar-refractivity contribution is 8.28. The Kier molecular flexibility index (Phi) is 6.91. The molecule has 2 N–H and O–H groups in total. The maximum absolute atomic E-state index is 14.6. The quantitative estimate of drug-likeness (QED) is 0.421. The van der Waals surface area contributed by atoms with Gasteiger partial charge in [-0.05, 0) is 30.5 Å². The number of rotatable bonds is 6. The fraction of sp³-hybridized carbons (Fsp3) is 0.158. The normalized spacial score (nSPS) is 11.2. The van der Waals surface area contributed by atoms with Crippen LogP contribution in [0.2, 0.25) is 0 Å². The topological polar surface area (TPSA) is 61.4 Å². The Morgan fingerprint density at radius 3 is 2.28 bits per heavy atom. The van der Waals surface area contributed by atoms with Crippen molar-refractivity contribution >= 4 is 38.6 Å². The third-order valence-electron chi connectivity index (χ3n) is 3.78. The van der Waals surface area contributed by atoms with Crippen LogP contribution in [0.4, 0.5) is 23.2 Å². The van der Waals surface area contributed by atoms with Crippen molar-refractivity contribution in [1.29, 1.82) is 0 Å². The fourth-order valence-electron chi connectivity index (χ4n) is 2.35. The molecule has 2 amide bonds. The average molecular weight is 429 g/mol. The van der Waals surface area contributed by atoms with Crippen LogP contribution in [-0.4, -0.2) is 36.2 Å². The number of carbonyl (C=O) groups excluding carboxylic acids is 2. The third-order valence-corrected chi connectivity index (χ3v) is 5.17. The molecule has 2 rings (SSSR count). The second-order valence-electron chi connectivity index (χ2n) is 6.26. The van der Waals surface area contributed by atoms with Crippen molar-refractivity contribution in [3.63, 3.8) is 0 Å². The number of nitrogens with zero attached hydrogens (tertiary/aromatic N) is 1. The number of amides is 2. The van der Waals surface area contributed by atoms with E-state index in [0.29, 0.717) is 0 Å². The lowest BCUT2D eigenvalue weighted by atomic mass is 10.1. The molecule has 5 nitrogen and oxygen atoms in total. The van der Waals surface area contributed by atoms with Crippen LogP contribution in [0.5, 0.6) is 0 Å². The molecule has 29 heavy (non-hydrogen) atoms. The summed E-state index contributed by atoms with van der Waals surface area (Å²) in [5.41, 5.74) is 3.45. The van der Waals surface area contributed by atoms with Crippen molar-refractivity contribution in [2.75, 3.05) is 10.6 Å². The standard InChI is InChI=1S/C19H19F4N3O2S/c1-29(2,3)26(16-7-5-4-6-14(16)20)11-13-9-8-12(10-15(13)21)18(27)24-25-19(28)17(22)23/h4-10,17H,1-2,11H2,3H3,(H,24,27)(H,25,28). The second kappa shape index (κ2) is 8.99. The molecule has 0 aliphatic heterocycles. The fourth-order valence-corrected chi connectivity index (χ4v) is 3.42. The summed E-state index contributed by atoms with van der Waals surface area (Å²) in [5, 5.41) is 0. The zero-order valence-electron chi connectivity index (χ0n) is 15.4. The van der Waals surface area contributed by atoms with Crippen molar-refractivity contribution in [3.05, 3.63) is 65.2 Å². The van der Waals surface area contributed by atoms with Gasteiger partial charge in [0.25, 0.3) is 5.91 Å². The SMILES string of the molecule is C=S(=C)(C)N(Cc1ccc(C(=O)NNC(=O)C(F)F)cc1F)c1ccccc1F. The molecule has 0 saturated carbocycles. The van der Waals surface area contributed by atoms with Gasteiger partial charge >= 0.3 is 12.3 Å². The number of hydrazine groups is 1. The van der Waals surface area contributed by atoms with E-state index in [0.717, 1.165) is 6.07 Å². The first kappa shape index (κ1) is 22.3. The lowest BCUT2D eigenvalue weighted by molar-refractivity contribution is -0.132. The molecular formula is C19H19F4N3O2S. The Bertz CT molecular complexity index is 1030. The molecule has 10 heteroatoms. The summed E-state index contributed by atoms with van der Waals surface area (Å²) in [4.78, 5) is 22.7. The number of halogens is 4. The van der Waals surface area contributed by atoms with E-state index < -0.39 is 39.3 Å². The van der Waals surface area contributed by atoms with Gasteiger partial charge in [0.2, 0.25) is 0 Å². The van der Waals surface area contributed by atoms with Crippen LogP contribution in [-0.2, 0) is 11.3 Å². The monoisotopic (exact) mass is 429 g/mol. The van der Waals surface area contributed by atoms with Crippen LogP contribution in [0.3, 0.4) is 0 Å². The first-order chi connectivity index (χ1) is 13.5. The lowest BCUT2D eigenvalue weighted by Crippen LogP contribution is -2.44. The summed E-state index contributed by atoms with van der Waals surface area (Å²) in [6.45, 7) is -0.0599. The number of hydrogen-bond acceptors (Lipinski definition) is 3. The Balaban J connectivity index is 2.24. The largest absolute Gasteiger partial charge is 0.321 e. The van der Waals surface area contributed by atoms with E-state index in [-0.39, 0.29) is 23.4 Å². The molecule has 0 unspecified atom stereocenters. The number of anilines is 1. The van der Waals surface area contributed by atoms with Crippen LogP contribution < -0.4 is 15.2 Å². The molecule has 0 fully saturated rings. The number of nitrogens with one attached hydrogen (secondary N) is 2. The predicted molar refractivity (Wildman–Crippen MR) is 108 cm³/mol. The van der Waals surface area contributed by atoms with Gasteiger partial charge in [-0.3, -0.25) is 20.4 Å². The van der Waals surface area contributed by atoms with Gasteiger partial charge in [0, 0.05) is 11.1 Å².